The average Bonchev–Trinajstić information content (AvgIpc) is 3.00. The maximum atomic E-state index is 10.4. The van der Waals surface area contributed by atoms with Gasteiger partial charge in [-0.15, -0.1) is 0 Å². The van der Waals surface area contributed by atoms with Gasteiger partial charge in [0.1, 0.15) is 12.7 Å². The first-order chi connectivity index (χ1) is 13.8. The number of benzene rings is 1. The predicted molar refractivity (Wildman–Crippen MR) is 110 cm³/mol. The van der Waals surface area contributed by atoms with Crippen molar-refractivity contribution in [1.29, 1.82) is 0 Å². The summed E-state index contributed by atoms with van der Waals surface area (Å²) < 4.78 is 16.9. The van der Waals surface area contributed by atoms with E-state index < -0.39 is 6.10 Å². The first kappa shape index (κ1) is 21.4. The number of nitrogens with zero attached hydrogens (tertiary/aromatic N) is 1. The lowest BCUT2D eigenvalue weighted by Crippen LogP contribution is -2.42. The van der Waals surface area contributed by atoms with Gasteiger partial charge in [0.2, 0.25) is 0 Å². The first-order valence-electron chi connectivity index (χ1n) is 10.8. The maximum Gasteiger partial charge on any atom is 0.165 e. The molecule has 0 radical (unpaired) electrons. The van der Waals surface area contributed by atoms with Crippen LogP contribution in [0.25, 0.3) is 0 Å². The third-order valence-corrected chi connectivity index (χ3v) is 5.71. The molecule has 2 N–H and O–H groups in total. The summed E-state index contributed by atoms with van der Waals surface area (Å²) in [4.78, 5) is 2.22. The van der Waals surface area contributed by atoms with Crippen LogP contribution in [0, 0.1) is 0 Å². The number of aliphatic hydroxyl groups excluding tert-OH is 1. The molecule has 0 amide bonds. The summed E-state index contributed by atoms with van der Waals surface area (Å²) in [6.45, 7) is 4.82. The summed E-state index contributed by atoms with van der Waals surface area (Å²) >= 11 is 0. The van der Waals surface area contributed by atoms with Crippen molar-refractivity contribution >= 4 is 0 Å². The fraction of sp³-hybridized carbons (Fsp3) is 0.727. The van der Waals surface area contributed by atoms with Crippen molar-refractivity contribution in [2.24, 2.45) is 0 Å². The van der Waals surface area contributed by atoms with Gasteiger partial charge in [-0.25, -0.2) is 0 Å². The van der Waals surface area contributed by atoms with Crippen molar-refractivity contribution in [3.05, 3.63) is 23.8 Å². The van der Waals surface area contributed by atoms with Gasteiger partial charge in [0.05, 0.1) is 20.3 Å². The SMILES string of the molecule is COc1cccc(CNC2CCCCCC2)c1OC[C@H](O)CN1CCOCC1. The van der Waals surface area contributed by atoms with Gasteiger partial charge >= 0.3 is 0 Å². The fourth-order valence-corrected chi connectivity index (χ4v) is 4.08. The minimum Gasteiger partial charge on any atom is -0.493 e. The molecule has 6 nitrogen and oxygen atoms in total. The number of ether oxygens (including phenoxy) is 3. The molecule has 1 saturated carbocycles. The van der Waals surface area contributed by atoms with Gasteiger partial charge in [-0.2, -0.15) is 0 Å². The zero-order valence-electron chi connectivity index (χ0n) is 17.2. The van der Waals surface area contributed by atoms with E-state index in [-0.39, 0.29) is 6.61 Å². The van der Waals surface area contributed by atoms with Crippen LogP contribution in [0.5, 0.6) is 11.5 Å². The van der Waals surface area contributed by atoms with Gasteiger partial charge in [-0.1, -0.05) is 37.8 Å². The van der Waals surface area contributed by atoms with Crippen LogP contribution in [0.15, 0.2) is 18.2 Å². The standard InChI is InChI=1S/C22H36N2O4/c1-26-21-10-6-7-18(15-23-19-8-4-2-3-5-9-19)22(21)28-17-20(25)16-24-11-13-27-14-12-24/h6-7,10,19-20,23,25H,2-5,8-9,11-17H2,1H3/t20-/m1/s1. The topological polar surface area (TPSA) is 63.2 Å². The minimum absolute atomic E-state index is 0.258. The van der Waals surface area contributed by atoms with Crippen LogP contribution >= 0.6 is 0 Å². The molecule has 2 aliphatic rings. The van der Waals surface area contributed by atoms with Crippen LogP contribution in [0.3, 0.4) is 0 Å². The van der Waals surface area contributed by atoms with Gasteiger partial charge in [0.25, 0.3) is 0 Å². The normalized spacial score (nSPS) is 20.5. The monoisotopic (exact) mass is 392 g/mol. The van der Waals surface area contributed by atoms with Crippen molar-refractivity contribution in [2.75, 3.05) is 46.6 Å². The van der Waals surface area contributed by atoms with Gasteiger partial charge in [0.15, 0.2) is 11.5 Å². The second kappa shape index (κ2) is 11.6. The number of para-hydroxylation sites is 1. The summed E-state index contributed by atoms with van der Waals surface area (Å²) in [5.74, 6) is 1.46. The lowest BCUT2D eigenvalue weighted by Gasteiger charge is -2.28. The predicted octanol–water partition coefficient (Wildman–Crippen LogP) is 2.58. The Hall–Kier alpha value is -1.34. The molecule has 1 atom stereocenters. The highest BCUT2D eigenvalue weighted by atomic mass is 16.5. The Morgan fingerprint density at radius 1 is 1.18 bits per heavy atom. The van der Waals surface area contributed by atoms with E-state index in [0.717, 1.165) is 49.9 Å². The van der Waals surface area contributed by atoms with Crippen LogP contribution in [0.2, 0.25) is 0 Å². The van der Waals surface area contributed by atoms with Crippen molar-refractivity contribution < 1.29 is 19.3 Å². The molecule has 3 rings (SSSR count). The molecule has 2 fully saturated rings. The quantitative estimate of drug-likeness (QED) is 0.630. The Bertz CT molecular complexity index is 570. The summed E-state index contributed by atoms with van der Waals surface area (Å²) in [5, 5.41) is 14.1. The molecule has 158 valence electrons. The van der Waals surface area contributed by atoms with E-state index >= 15 is 0 Å². The second-order valence-electron chi connectivity index (χ2n) is 7.90. The lowest BCUT2D eigenvalue weighted by molar-refractivity contribution is 0.00435. The van der Waals surface area contributed by atoms with Crippen LogP contribution in [-0.4, -0.2) is 68.7 Å². The smallest absolute Gasteiger partial charge is 0.165 e. The summed E-state index contributed by atoms with van der Waals surface area (Å²) in [6, 6.07) is 6.57. The number of methoxy groups -OCH3 is 1. The van der Waals surface area contributed by atoms with Crippen LogP contribution < -0.4 is 14.8 Å². The van der Waals surface area contributed by atoms with Gasteiger partial charge in [-0.05, 0) is 18.9 Å². The molecule has 28 heavy (non-hydrogen) atoms. The van der Waals surface area contributed by atoms with Crippen LogP contribution in [0.4, 0.5) is 0 Å². The number of rotatable bonds is 9. The van der Waals surface area contributed by atoms with Crippen molar-refractivity contribution in [1.82, 2.24) is 10.2 Å². The molecule has 1 aromatic rings. The summed E-state index contributed by atoms with van der Waals surface area (Å²) in [6.07, 6.45) is 7.29. The Kier molecular flexibility index (Phi) is 8.86. The Balaban J connectivity index is 1.55. The van der Waals surface area contributed by atoms with E-state index in [1.807, 2.05) is 12.1 Å². The molecule has 0 unspecified atom stereocenters. The zero-order valence-corrected chi connectivity index (χ0v) is 17.2. The van der Waals surface area contributed by atoms with Gasteiger partial charge < -0.3 is 24.6 Å². The molecule has 6 heteroatoms. The third-order valence-electron chi connectivity index (χ3n) is 5.71. The molecule has 1 aromatic carbocycles. The molecule has 1 aliphatic carbocycles. The van der Waals surface area contributed by atoms with Crippen molar-refractivity contribution in [2.45, 2.75) is 57.2 Å². The third kappa shape index (κ3) is 6.62. The van der Waals surface area contributed by atoms with E-state index in [2.05, 4.69) is 16.3 Å². The average molecular weight is 393 g/mol. The van der Waals surface area contributed by atoms with E-state index in [1.54, 1.807) is 7.11 Å². The van der Waals surface area contributed by atoms with Crippen LogP contribution in [-0.2, 0) is 11.3 Å². The number of hydrogen-bond donors (Lipinski definition) is 2. The van der Waals surface area contributed by atoms with E-state index in [4.69, 9.17) is 14.2 Å². The Morgan fingerprint density at radius 2 is 1.93 bits per heavy atom. The Morgan fingerprint density at radius 3 is 2.64 bits per heavy atom. The summed E-state index contributed by atoms with van der Waals surface area (Å²) in [5.41, 5.74) is 1.09. The fourth-order valence-electron chi connectivity index (χ4n) is 4.08. The van der Waals surface area contributed by atoms with Gasteiger partial charge in [-0.3, -0.25) is 4.90 Å². The first-order valence-corrected chi connectivity index (χ1v) is 10.8. The number of hydrogen-bond acceptors (Lipinski definition) is 6. The summed E-state index contributed by atoms with van der Waals surface area (Å²) in [7, 11) is 1.66. The number of β-amino-alcohol motifs (C(OH)–C–C–N with tert-alkyl or cyclic N) is 1. The molecule has 0 spiro atoms. The molecule has 0 aromatic heterocycles. The second-order valence-corrected chi connectivity index (χ2v) is 7.90. The molecule has 1 saturated heterocycles. The molecular formula is C22H36N2O4. The zero-order chi connectivity index (χ0) is 19.6. The molecular weight excluding hydrogens is 356 g/mol. The van der Waals surface area contributed by atoms with E-state index in [1.165, 1.54) is 38.5 Å². The van der Waals surface area contributed by atoms with E-state index in [9.17, 15) is 5.11 Å². The Labute approximate surface area is 169 Å². The largest absolute Gasteiger partial charge is 0.493 e. The molecule has 0 bridgehead atoms. The highest BCUT2D eigenvalue weighted by molar-refractivity contribution is 5.46. The highest BCUT2D eigenvalue weighted by Gasteiger charge is 2.18. The minimum atomic E-state index is -0.536. The maximum absolute atomic E-state index is 10.4. The van der Waals surface area contributed by atoms with Crippen molar-refractivity contribution in [3.8, 4) is 11.5 Å². The van der Waals surface area contributed by atoms with Crippen molar-refractivity contribution in [3.63, 3.8) is 0 Å². The number of morpholine rings is 1. The number of aliphatic hydroxyl groups is 1. The highest BCUT2D eigenvalue weighted by Crippen LogP contribution is 2.31. The van der Waals surface area contributed by atoms with Gasteiger partial charge in [0, 0.05) is 37.8 Å². The lowest BCUT2D eigenvalue weighted by atomic mass is 10.1. The molecule has 1 aliphatic heterocycles. The van der Waals surface area contributed by atoms with Crippen LogP contribution in [0.1, 0.15) is 44.1 Å². The number of nitrogens with one attached hydrogen (secondary N) is 1. The molecule has 1 heterocycles. The van der Waals surface area contributed by atoms with E-state index in [0.29, 0.717) is 12.6 Å².